The number of hydrogen-bond acceptors (Lipinski definition) is 7. The number of para-hydroxylation sites is 1. The first-order valence-corrected chi connectivity index (χ1v) is 10.1. The van der Waals surface area contributed by atoms with Gasteiger partial charge in [-0.1, -0.05) is 58.7 Å². The Hall–Kier alpha value is -3.01. The first-order valence-electron chi connectivity index (χ1n) is 8.93. The number of hydrogen-bond donors (Lipinski definition) is 2. The van der Waals surface area contributed by atoms with E-state index in [2.05, 4.69) is 25.3 Å². The number of benzene rings is 2. The third kappa shape index (κ3) is 4.32. The molecule has 0 saturated carbocycles. The molecule has 0 saturated heterocycles. The van der Waals surface area contributed by atoms with Gasteiger partial charge in [0.15, 0.2) is 0 Å². The van der Waals surface area contributed by atoms with Crippen molar-refractivity contribution in [3.05, 3.63) is 84.4 Å². The summed E-state index contributed by atoms with van der Waals surface area (Å²) in [4.78, 5) is 27.6. The monoisotopic (exact) mass is 498 g/mol. The lowest BCUT2D eigenvalue weighted by Crippen LogP contribution is -2.36. The van der Waals surface area contributed by atoms with Crippen molar-refractivity contribution in [1.29, 1.82) is 0 Å². The van der Waals surface area contributed by atoms with Gasteiger partial charge >= 0.3 is 11.3 Å². The highest BCUT2D eigenvalue weighted by atomic mass is 35.5. The molecule has 3 aromatic carbocycles. The molecule has 32 heavy (non-hydrogen) atoms. The van der Waals surface area contributed by atoms with Crippen LogP contribution in [0.2, 0.25) is 10.0 Å². The summed E-state index contributed by atoms with van der Waals surface area (Å²) >= 11 is 17.1. The first kappa shape index (κ1) is 22.2. The molecule has 2 N–H and O–H groups in total. The van der Waals surface area contributed by atoms with Crippen LogP contribution in [0.5, 0.6) is 0 Å². The number of nitrogens with one attached hydrogen (secondary N) is 2. The van der Waals surface area contributed by atoms with Crippen LogP contribution in [0.1, 0.15) is 11.5 Å². The van der Waals surface area contributed by atoms with Crippen molar-refractivity contribution in [2.45, 2.75) is 11.9 Å². The molecule has 0 aliphatic carbocycles. The summed E-state index contributed by atoms with van der Waals surface area (Å²) < 4.78 is 30.5. The molecule has 0 fully saturated rings. The molecule has 4 rings (SSSR count). The van der Waals surface area contributed by atoms with E-state index in [1.54, 1.807) is 42.5 Å². The van der Waals surface area contributed by atoms with Gasteiger partial charge in [0.05, 0.1) is 15.7 Å². The Morgan fingerprint density at radius 3 is 2.16 bits per heavy atom. The summed E-state index contributed by atoms with van der Waals surface area (Å²) in [6.07, 6.45) is 0. The summed E-state index contributed by atoms with van der Waals surface area (Å²) in [7, 11) is 0. The van der Waals surface area contributed by atoms with Crippen molar-refractivity contribution in [1.82, 2.24) is 10.1 Å². The van der Waals surface area contributed by atoms with Crippen molar-refractivity contribution in [3.8, 4) is 11.4 Å². The average molecular weight is 500 g/mol. The molecular weight excluding hydrogens is 489 g/mol. The van der Waals surface area contributed by atoms with Gasteiger partial charge in [0.25, 0.3) is 10.9 Å². The Labute approximate surface area is 193 Å². The number of alkyl halides is 3. The fourth-order valence-corrected chi connectivity index (χ4v) is 3.41. The fourth-order valence-electron chi connectivity index (χ4n) is 2.84. The largest absolute Gasteiger partial charge is 0.400 e. The van der Waals surface area contributed by atoms with Crippen LogP contribution in [-0.4, -0.2) is 10.1 Å². The zero-order chi connectivity index (χ0) is 23.0. The van der Waals surface area contributed by atoms with Crippen LogP contribution < -0.4 is 21.5 Å². The topological polar surface area (TPSA) is 97.1 Å². The zero-order valence-electron chi connectivity index (χ0n) is 15.8. The average Bonchev–Trinajstić information content (AvgIpc) is 3.26. The number of anilines is 3. The van der Waals surface area contributed by atoms with Crippen LogP contribution in [-0.2, 0) is 11.9 Å². The summed E-state index contributed by atoms with van der Waals surface area (Å²) in [5, 5.41) is 6.02. The van der Waals surface area contributed by atoms with Crippen molar-refractivity contribution in [2.24, 2.45) is 0 Å². The van der Waals surface area contributed by atoms with E-state index in [-0.39, 0.29) is 23.7 Å². The molecule has 0 atom stereocenters. The second-order valence-electron chi connectivity index (χ2n) is 6.60. The predicted molar refractivity (Wildman–Crippen MR) is 118 cm³/mol. The molecule has 1 heterocycles. The van der Waals surface area contributed by atoms with Gasteiger partial charge in [-0.3, -0.25) is 9.59 Å². The Morgan fingerprint density at radius 1 is 0.938 bits per heavy atom. The van der Waals surface area contributed by atoms with Crippen LogP contribution >= 0.6 is 34.8 Å². The van der Waals surface area contributed by atoms with Gasteiger partial charge in [-0.2, -0.15) is 13.8 Å². The van der Waals surface area contributed by atoms with Crippen LogP contribution in [0.25, 0.3) is 11.4 Å². The van der Waals surface area contributed by atoms with Crippen LogP contribution in [0.3, 0.4) is 0 Å². The Kier molecular flexibility index (Phi) is 5.89. The summed E-state index contributed by atoms with van der Waals surface area (Å²) in [5.74, 6) is -1.05. The molecule has 164 valence electrons. The highest BCUT2D eigenvalue weighted by Gasteiger charge is 2.35. The number of aromatic nitrogens is 2. The summed E-state index contributed by atoms with van der Waals surface area (Å²) in [6.45, 7) is 0.202. The lowest BCUT2D eigenvalue weighted by Gasteiger charge is -2.16. The minimum Gasteiger partial charge on any atom is -0.376 e. The van der Waals surface area contributed by atoms with Crippen molar-refractivity contribution >= 4 is 51.9 Å². The van der Waals surface area contributed by atoms with Crippen molar-refractivity contribution < 1.29 is 13.3 Å². The molecule has 0 unspecified atom stereocenters. The maximum Gasteiger partial charge on any atom is 0.400 e. The van der Waals surface area contributed by atoms with Gasteiger partial charge in [0, 0.05) is 12.1 Å². The Bertz CT molecular complexity index is 1340. The van der Waals surface area contributed by atoms with E-state index in [1.807, 2.05) is 0 Å². The standard InChI is InChI=1S/C20H11Cl3F2N4O3/c21-11-2-1-3-12(22)13(11)27-15-14(16(30)17(15)31)26-8-9-4-6-10(7-5-9)18-28-19(32-29-18)20(23,24)25/h1-7,26-27H,8H2. The molecule has 4 aromatic rings. The van der Waals surface area contributed by atoms with Crippen LogP contribution in [0.4, 0.5) is 25.8 Å². The summed E-state index contributed by atoms with van der Waals surface area (Å²) in [5.41, 5.74) is 0.267. The van der Waals surface area contributed by atoms with Crippen molar-refractivity contribution in [3.63, 3.8) is 0 Å². The fraction of sp³-hybridized carbons (Fsp3) is 0.100. The molecule has 12 heteroatoms. The lowest BCUT2D eigenvalue weighted by atomic mass is 10.1. The van der Waals surface area contributed by atoms with E-state index in [9.17, 15) is 18.4 Å². The number of halogens is 5. The smallest absolute Gasteiger partial charge is 0.376 e. The molecule has 0 bridgehead atoms. The van der Waals surface area contributed by atoms with Gasteiger partial charge < -0.3 is 15.2 Å². The maximum absolute atomic E-state index is 13.0. The third-order valence-corrected chi connectivity index (χ3v) is 5.26. The van der Waals surface area contributed by atoms with Crippen LogP contribution in [0, 0.1) is 0 Å². The van der Waals surface area contributed by atoms with Gasteiger partial charge in [0.1, 0.15) is 11.4 Å². The normalized spacial score (nSPS) is 11.7. The van der Waals surface area contributed by atoms with Gasteiger partial charge in [-0.15, -0.1) is 0 Å². The highest BCUT2D eigenvalue weighted by molar-refractivity contribution is 6.39. The number of rotatable bonds is 7. The molecule has 0 spiro atoms. The lowest BCUT2D eigenvalue weighted by molar-refractivity contribution is 0.0551. The second-order valence-corrected chi connectivity index (χ2v) is 7.89. The van der Waals surface area contributed by atoms with E-state index < -0.39 is 22.1 Å². The van der Waals surface area contributed by atoms with E-state index >= 15 is 0 Å². The van der Waals surface area contributed by atoms with Gasteiger partial charge in [-0.05, 0) is 29.3 Å². The van der Waals surface area contributed by atoms with E-state index in [1.165, 1.54) is 0 Å². The number of nitrogens with zero attached hydrogens (tertiary/aromatic N) is 2. The van der Waals surface area contributed by atoms with E-state index in [0.717, 1.165) is 5.56 Å². The third-order valence-electron chi connectivity index (χ3n) is 4.47. The first-order chi connectivity index (χ1) is 15.1. The highest BCUT2D eigenvalue weighted by Crippen LogP contribution is 2.34. The van der Waals surface area contributed by atoms with E-state index in [0.29, 0.717) is 21.3 Å². The van der Waals surface area contributed by atoms with Gasteiger partial charge in [0.2, 0.25) is 5.82 Å². The quantitative estimate of drug-likeness (QED) is 0.264. The SMILES string of the molecule is O=c1c(NCc2ccc(-c3noc(C(F)(F)Cl)n3)cc2)c(Nc2c(Cl)cccc2Cl)c1=O. The Balaban J connectivity index is 1.47. The predicted octanol–water partition coefficient (Wildman–Crippen LogP) is 5.28. The van der Waals surface area contributed by atoms with Gasteiger partial charge in [-0.25, -0.2) is 0 Å². The molecule has 0 radical (unpaired) electrons. The minimum atomic E-state index is -3.75. The molecule has 0 aliphatic heterocycles. The van der Waals surface area contributed by atoms with E-state index in [4.69, 9.17) is 34.8 Å². The minimum absolute atomic E-state index is 0.0505. The second kappa shape index (κ2) is 8.50. The maximum atomic E-state index is 13.0. The molecule has 7 nitrogen and oxygen atoms in total. The molecule has 1 aromatic heterocycles. The molecule has 0 aliphatic rings. The molecular formula is C20H11Cl3F2N4O3. The summed E-state index contributed by atoms with van der Waals surface area (Å²) in [6, 6.07) is 11.3. The Morgan fingerprint density at radius 2 is 1.56 bits per heavy atom. The van der Waals surface area contributed by atoms with Crippen molar-refractivity contribution in [2.75, 3.05) is 10.6 Å². The molecule has 0 amide bonds. The zero-order valence-corrected chi connectivity index (χ0v) is 18.0. The van der Waals surface area contributed by atoms with Crippen LogP contribution in [0.15, 0.2) is 56.6 Å².